The van der Waals surface area contributed by atoms with Crippen molar-refractivity contribution < 1.29 is 4.79 Å². The summed E-state index contributed by atoms with van der Waals surface area (Å²) in [7, 11) is 0. The summed E-state index contributed by atoms with van der Waals surface area (Å²) in [6.07, 6.45) is 8.26. The quantitative estimate of drug-likeness (QED) is 0.843. The first-order valence-electron chi connectivity index (χ1n) is 8.30. The van der Waals surface area contributed by atoms with Crippen molar-refractivity contribution in [1.29, 1.82) is 0 Å². The van der Waals surface area contributed by atoms with E-state index >= 15 is 0 Å². The highest BCUT2D eigenvalue weighted by molar-refractivity contribution is 5.95. The normalized spacial score (nSPS) is 16.5. The van der Waals surface area contributed by atoms with Crippen LogP contribution in [0, 0.1) is 6.92 Å². The number of amides is 1. The van der Waals surface area contributed by atoms with Gasteiger partial charge in [-0.1, -0.05) is 43.9 Å². The number of nitrogens with zero attached hydrogens (tertiary/aromatic N) is 1. The Morgan fingerprint density at radius 3 is 2.48 bits per heavy atom. The molecule has 0 bridgehead atoms. The highest BCUT2D eigenvalue weighted by Crippen LogP contribution is 2.24. The minimum Gasteiger partial charge on any atom is -0.336 e. The van der Waals surface area contributed by atoms with Crippen LogP contribution < -0.4 is 5.73 Å². The molecule has 1 aromatic rings. The van der Waals surface area contributed by atoms with E-state index in [0.717, 1.165) is 36.9 Å². The maximum absolute atomic E-state index is 13.0. The van der Waals surface area contributed by atoms with Gasteiger partial charge in [0.2, 0.25) is 0 Å². The summed E-state index contributed by atoms with van der Waals surface area (Å²) < 4.78 is 0. The molecule has 1 aliphatic carbocycles. The van der Waals surface area contributed by atoms with Gasteiger partial charge in [0.05, 0.1) is 0 Å². The lowest BCUT2D eigenvalue weighted by molar-refractivity contribution is 0.0658. The Balaban J connectivity index is 2.17. The monoisotopic (exact) mass is 288 g/mol. The summed E-state index contributed by atoms with van der Waals surface area (Å²) in [6, 6.07) is 8.30. The van der Waals surface area contributed by atoms with Crippen molar-refractivity contribution in [3.63, 3.8) is 0 Å². The number of benzene rings is 1. The van der Waals surface area contributed by atoms with E-state index in [-0.39, 0.29) is 5.91 Å². The van der Waals surface area contributed by atoms with E-state index in [2.05, 4.69) is 4.90 Å². The van der Waals surface area contributed by atoms with Gasteiger partial charge < -0.3 is 10.6 Å². The Hall–Kier alpha value is -1.35. The van der Waals surface area contributed by atoms with Crippen molar-refractivity contribution in [2.45, 2.75) is 57.9 Å². The zero-order valence-corrected chi connectivity index (χ0v) is 13.2. The lowest BCUT2D eigenvalue weighted by Gasteiger charge is -2.32. The van der Waals surface area contributed by atoms with E-state index in [1.807, 2.05) is 31.2 Å². The fourth-order valence-electron chi connectivity index (χ4n) is 3.25. The second-order valence-electron chi connectivity index (χ2n) is 6.10. The first-order chi connectivity index (χ1) is 10.2. The van der Waals surface area contributed by atoms with Crippen molar-refractivity contribution in [2.24, 2.45) is 5.73 Å². The Bertz CT molecular complexity index is 450. The SMILES string of the molecule is Cc1ccccc1C(=O)N(CCCN)C1CCCCCC1. The van der Waals surface area contributed by atoms with E-state index in [0.29, 0.717) is 12.6 Å². The Morgan fingerprint density at radius 1 is 1.19 bits per heavy atom. The lowest BCUT2D eigenvalue weighted by Crippen LogP contribution is -2.41. The van der Waals surface area contributed by atoms with Crippen molar-refractivity contribution >= 4 is 5.91 Å². The van der Waals surface area contributed by atoms with Crippen LogP contribution in [0.5, 0.6) is 0 Å². The molecule has 21 heavy (non-hydrogen) atoms. The smallest absolute Gasteiger partial charge is 0.254 e. The van der Waals surface area contributed by atoms with E-state index in [1.165, 1.54) is 25.7 Å². The van der Waals surface area contributed by atoms with Crippen LogP contribution in [0.4, 0.5) is 0 Å². The standard InChI is InChI=1S/C18H28N2O/c1-15-9-6-7-12-17(15)18(21)20(14-8-13-19)16-10-4-2-3-5-11-16/h6-7,9,12,16H,2-5,8,10-11,13-14,19H2,1H3. The van der Waals surface area contributed by atoms with E-state index in [4.69, 9.17) is 5.73 Å². The predicted molar refractivity (Wildman–Crippen MR) is 87.4 cm³/mol. The number of hydrogen-bond donors (Lipinski definition) is 1. The number of carbonyl (C=O) groups excluding carboxylic acids is 1. The highest BCUT2D eigenvalue weighted by Gasteiger charge is 2.25. The third-order valence-corrected chi connectivity index (χ3v) is 4.50. The number of carbonyl (C=O) groups is 1. The van der Waals surface area contributed by atoms with Crippen molar-refractivity contribution in [3.8, 4) is 0 Å². The van der Waals surface area contributed by atoms with Gasteiger partial charge in [0.25, 0.3) is 5.91 Å². The van der Waals surface area contributed by atoms with Gasteiger partial charge >= 0.3 is 0 Å². The molecule has 3 heteroatoms. The molecule has 0 atom stereocenters. The molecular formula is C18H28N2O. The van der Waals surface area contributed by atoms with Crippen LogP contribution >= 0.6 is 0 Å². The first-order valence-corrected chi connectivity index (χ1v) is 8.30. The summed E-state index contributed by atoms with van der Waals surface area (Å²) in [5.74, 6) is 0.188. The lowest BCUT2D eigenvalue weighted by atomic mass is 10.0. The fraction of sp³-hybridized carbons (Fsp3) is 0.611. The van der Waals surface area contributed by atoms with Gasteiger partial charge in [-0.05, 0) is 44.4 Å². The Kier molecular flexibility index (Phi) is 6.24. The molecule has 0 radical (unpaired) electrons. The summed E-state index contributed by atoms with van der Waals surface area (Å²) in [6.45, 7) is 3.44. The molecule has 0 heterocycles. The highest BCUT2D eigenvalue weighted by atomic mass is 16.2. The zero-order chi connectivity index (χ0) is 15.1. The van der Waals surface area contributed by atoms with Crippen LogP contribution in [0.25, 0.3) is 0 Å². The van der Waals surface area contributed by atoms with Gasteiger partial charge in [0.1, 0.15) is 0 Å². The maximum atomic E-state index is 13.0. The third kappa shape index (κ3) is 4.31. The van der Waals surface area contributed by atoms with Gasteiger partial charge in [-0.2, -0.15) is 0 Å². The van der Waals surface area contributed by atoms with Gasteiger partial charge in [-0.25, -0.2) is 0 Å². The second-order valence-corrected chi connectivity index (χ2v) is 6.10. The molecule has 2 rings (SSSR count). The average molecular weight is 288 g/mol. The third-order valence-electron chi connectivity index (χ3n) is 4.50. The van der Waals surface area contributed by atoms with E-state index < -0.39 is 0 Å². The zero-order valence-electron chi connectivity index (χ0n) is 13.2. The molecule has 3 nitrogen and oxygen atoms in total. The van der Waals surface area contributed by atoms with Crippen molar-refractivity contribution in [3.05, 3.63) is 35.4 Å². The molecule has 1 amide bonds. The first kappa shape index (κ1) is 16.0. The van der Waals surface area contributed by atoms with Gasteiger partial charge in [-0.3, -0.25) is 4.79 Å². The number of rotatable bonds is 5. The molecule has 1 aliphatic rings. The maximum Gasteiger partial charge on any atom is 0.254 e. The van der Waals surface area contributed by atoms with Crippen LogP contribution in [-0.4, -0.2) is 29.9 Å². The van der Waals surface area contributed by atoms with Gasteiger partial charge in [0.15, 0.2) is 0 Å². The predicted octanol–water partition coefficient (Wildman–Crippen LogP) is 3.51. The van der Waals surface area contributed by atoms with Crippen LogP contribution in [0.15, 0.2) is 24.3 Å². The van der Waals surface area contributed by atoms with Crippen LogP contribution in [0.2, 0.25) is 0 Å². The van der Waals surface area contributed by atoms with Crippen molar-refractivity contribution in [2.75, 3.05) is 13.1 Å². The van der Waals surface area contributed by atoms with E-state index in [9.17, 15) is 4.79 Å². The fourth-order valence-corrected chi connectivity index (χ4v) is 3.25. The number of hydrogen-bond acceptors (Lipinski definition) is 2. The number of nitrogens with two attached hydrogens (primary N) is 1. The minimum atomic E-state index is 0.188. The largest absolute Gasteiger partial charge is 0.336 e. The molecular weight excluding hydrogens is 260 g/mol. The Morgan fingerprint density at radius 2 is 1.86 bits per heavy atom. The van der Waals surface area contributed by atoms with Crippen LogP contribution in [-0.2, 0) is 0 Å². The van der Waals surface area contributed by atoms with Gasteiger partial charge in [-0.15, -0.1) is 0 Å². The summed E-state index contributed by atoms with van der Waals surface area (Å²) in [5, 5.41) is 0. The average Bonchev–Trinajstić information content (AvgIpc) is 2.77. The molecule has 0 saturated heterocycles. The van der Waals surface area contributed by atoms with Gasteiger partial charge in [0, 0.05) is 18.2 Å². The van der Waals surface area contributed by atoms with Crippen LogP contribution in [0.1, 0.15) is 60.9 Å². The molecule has 0 spiro atoms. The van der Waals surface area contributed by atoms with Crippen molar-refractivity contribution in [1.82, 2.24) is 4.90 Å². The van der Waals surface area contributed by atoms with E-state index in [1.54, 1.807) is 0 Å². The molecule has 1 fully saturated rings. The Labute approximate surface area is 128 Å². The molecule has 0 aliphatic heterocycles. The minimum absolute atomic E-state index is 0.188. The second kappa shape index (κ2) is 8.18. The molecule has 0 unspecified atom stereocenters. The molecule has 0 aromatic heterocycles. The summed E-state index contributed by atoms with van der Waals surface area (Å²) in [5.41, 5.74) is 7.58. The topological polar surface area (TPSA) is 46.3 Å². The molecule has 116 valence electrons. The summed E-state index contributed by atoms with van der Waals surface area (Å²) >= 11 is 0. The molecule has 2 N–H and O–H groups in total. The summed E-state index contributed by atoms with van der Waals surface area (Å²) in [4.78, 5) is 15.1. The number of aryl methyl sites for hydroxylation is 1. The molecule has 1 aromatic carbocycles. The molecule has 1 saturated carbocycles. The van der Waals surface area contributed by atoms with Crippen LogP contribution in [0.3, 0.4) is 0 Å².